The van der Waals surface area contributed by atoms with Crippen molar-refractivity contribution in [2.45, 2.75) is 25.7 Å². The number of ether oxygens (including phenoxy) is 2. The molecule has 0 N–H and O–H groups in total. The Morgan fingerprint density at radius 2 is 1.77 bits per heavy atom. The number of rotatable bonds is 12. The lowest BCUT2D eigenvalue weighted by Crippen LogP contribution is -2.12. The molecule has 1 aromatic carbocycles. The Kier molecular flexibility index (Phi) is 8.41. The van der Waals surface area contributed by atoms with E-state index in [2.05, 4.69) is 24.0 Å². The third-order valence-electron chi connectivity index (χ3n) is 4.57. The van der Waals surface area contributed by atoms with Crippen molar-refractivity contribution >= 4 is 17.1 Å². The molecule has 0 saturated carbocycles. The normalized spacial score (nSPS) is 10.9. The number of hydrogen-bond acceptors (Lipinski definition) is 6. The van der Waals surface area contributed by atoms with E-state index in [0.717, 1.165) is 19.4 Å². The van der Waals surface area contributed by atoms with Crippen molar-refractivity contribution in [3.05, 3.63) is 70.5 Å². The molecule has 0 aliphatic heterocycles. The number of para-hydroxylation sites is 2. The van der Waals surface area contributed by atoms with E-state index < -0.39 is 0 Å². The zero-order valence-corrected chi connectivity index (χ0v) is 18.4. The molecule has 0 fully saturated rings. The molecule has 0 bridgehead atoms. The predicted octanol–water partition coefficient (Wildman–Crippen LogP) is 5.67. The average molecular weight is 425 g/mol. The van der Waals surface area contributed by atoms with Crippen LogP contribution in [0.4, 0.5) is 0 Å². The average Bonchev–Trinajstić information content (AvgIpc) is 3.29. The van der Waals surface area contributed by atoms with Crippen LogP contribution in [0.5, 0.6) is 17.4 Å². The van der Waals surface area contributed by atoms with E-state index in [0.29, 0.717) is 28.5 Å². The summed E-state index contributed by atoms with van der Waals surface area (Å²) < 4.78 is 12.0. The van der Waals surface area contributed by atoms with E-state index >= 15 is 0 Å². The Labute approximate surface area is 182 Å². The van der Waals surface area contributed by atoms with Gasteiger partial charge >= 0.3 is 0 Å². The third-order valence-corrected chi connectivity index (χ3v) is 5.44. The lowest BCUT2D eigenvalue weighted by atomic mass is 10.1. The number of pyridine rings is 1. The van der Waals surface area contributed by atoms with E-state index in [1.54, 1.807) is 24.4 Å². The number of carbonyl (C=O) groups is 1. The molecule has 0 spiro atoms. The largest absolute Gasteiger partial charge is 0.490 e. The first kappa shape index (κ1) is 22.0. The standard InChI is InChI=1S/C24H28N2O3S/c1-26(2)16-7-3-4-8-17-28-20-12-5-6-13-21(20)29-24-19(11-9-15-25-24)23(27)22-14-10-18-30-22/h5-6,9-15,18H,3-4,7-8,16-17H2,1-2H3. The molecule has 6 heteroatoms. The highest BCUT2D eigenvalue weighted by Crippen LogP contribution is 2.33. The summed E-state index contributed by atoms with van der Waals surface area (Å²) in [6, 6.07) is 14.7. The summed E-state index contributed by atoms with van der Waals surface area (Å²) in [5, 5.41) is 1.88. The predicted molar refractivity (Wildman–Crippen MR) is 121 cm³/mol. The van der Waals surface area contributed by atoms with Gasteiger partial charge in [-0.3, -0.25) is 4.79 Å². The molecular formula is C24H28N2O3S. The van der Waals surface area contributed by atoms with Crippen molar-refractivity contribution in [2.24, 2.45) is 0 Å². The van der Waals surface area contributed by atoms with Crippen LogP contribution >= 0.6 is 11.3 Å². The first-order valence-corrected chi connectivity index (χ1v) is 11.1. The maximum Gasteiger partial charge on any atom is 0.230 e. The first-order chi connectivity index (χ1) is 14.6. The summed E-state index contributed by atoms with van der Waals surface area (Å²) in [5.74, 6) is 1.41. The van der Waals surface area contributed by atoms with E-state index in [1.165, 1.54) is 24.2 Å². The number of unbranched alkanes of at least 4 members (excludes halogenated alkanes) is 3. The number of aromatic nitrogens is 1. The van der Waals surface area contributed by atoms with Crippen LogP contribution in [0.1, 0.15) is 40.9 Å². The van der Waals surface area contributed by atoms with Crippen molar-refractivity contribution < 1.29 is 14.3 Å². The first-order valence-electron chi connectivity index (χ1n) is 10.2. The summed E-state index contributed by atoms with van der Waals surface area (Å²) in [6.45, 7) is 1.75. The molecule has 0 saturated heterocycles. The van der Waals surface area contributed by atoms with Gasteiger partial charge in [0.1, 0.15) is 0 Å². The van der Waals surface area contributed by atoms with Gasteiger partial charge in [-0.15, -0.1) is 11.3 Å². The summed E-state index contributed by atoms with van der Waals surface area (Å²) >= 11 is 1.40. The minimum atomic E-state index is -0.0933. The maximum atomic E-state index is 12.8. The Morgan fingerprint density at radius 1 is 0.967 bits per heavy atom. The molecular weight excluding hydrogens is 396 g/mol. The second kappa shape index (κ2) is 11.5. The van der Waals surface area contributed by atoms with Gasteiger partial charge in [0.15, 0.2) is 11.5 Å². The van der Waals surface area contributed by atoms with Crippen molar-refractivity contribution in [1.82, 2.24) is 9.88 Å². The molecule has 5 nitrogen and oxygen atoms in total. The minimum Gasteiger partial charge on any atom is -0.490 e. The van der Waals surface area contributed by atoms with Crippen molar-refractivity contribution in [3.8, 4) is 17.4 Å². The van der Waals surface area contributed by atoms with Gasteiger partial charge in [0.2, 0.25) is 11.7 Å². The van der Waals surface area contributed by atoms with Gasteiger partial charge in [-0.2, -0.15) is 0 Å². The van der Waals surface area contributed by atoms with Crippen LogP contribution in [0.2, 0.25) is 0 Å². The van der Waals surface area contributed by atoms with E-state index in [4.69, 9.17) is 9.47 Å². The fourth-order valence-electron chi connectivity index (χ4n) is 3.01. The Balaban J connectivity index is 1.61. The second-order valence-electron chi connectivity index (χ2n) is 7.28. The van der Waals surface area contributed by atoms with Gasteiger partial charge < -0.3 is 14.4 Å². The minimum absolute atomic E-state index is 0.0933. The van der Waals surface area contributed by atoms with Gasteiger partial charge in [0, 0.05) is 6.20 Å². The quantitative estimate of drug-likeness (QED) is 0.277. The molecule has 0 atom stereocenters. The molecule has 0 unspecified atom stereocenters. The summed E-state index contributed by atoms with van der Waals surface area (Å²) in [6.07, 6.45) is 6.15. The second-order valence-corrected chi connectivity index (χ2v) is 8.22. The third kappa shape index (κ3) is 6.40. The van der Waals surface area contributed by atoms with Crippen LogP contribution < -0.4 is 9.47 Å². The smallest absolute Gasteiger partial charge is 0.230 e. The zero-order chi connectivity index (χ0) is 21.2. The number of hydrogen-bond donors (Lipinski definition) is 0. The number of thiophene rings is 1. The molecule has 30 heavy (non-hydrogen) atoms. The fourth-order valence-corrected chi connectivity index (χ4v) is 3.69. The number of ketones is 1. The van der Waals surface area contributed by atoms with E-state index in [9.17, 15) is 4.79 Å². The van der Waals surface area contributed by atoms with Crippen LogP contribution in [0.3, 0.4) is 0 Å². The molecule has 0 amide bonds. The lowest BCUT2D eigenvalue weighted by molar-refractivity contribution is 0.103. The van der Waals surface area contributed by atoms with Crippen molar-refractivity contribution in [1.29, 1.82) is 0 Å². The van der Waals surface area contributed by atoms with Crippen LogP contribution in [0.25, 0.3) is 0 Å². The Hall–Kier alpha value is -2.70. The van der Waals surface area contributed by atoms with E-state index in [-0.39, 0.29) is 11.7 Å². The monoisotopic (exact) mass is 424 g/mol. The summed E-state index contributed by atoms with van der Waals surface area (Å²) in [7, 11) is 4.20. The molecule has 158 valence electrons. The van der Waals surface area contributed by atoms with Gasteiger partial charge in [-0.25, -0.2) is 4.98 Å². The van der Waals surface area contributed by atoms with E-state index in [1.807, 2.05) is 35.7 Å². The van der Waals surface area contributed by atoms with Crippen LogP contribution in [-0.4, -0.2) is 42.9 Å². The molecule has 0 aliphatic carbocycles. The summed E-state index contributed by atoms with van der Waals surface area (Å²) in [4.78, 5) is 20.0. The Morgan fingerprint density at radius 3 is 2.53 bits per heavy atom. The van der Waals surface area contributed by atoms with Crippen LogP contribution in [0, 0.1) is 0 Å². The molecule has 3 aromatic rings. The molecule has 2 aromatic heterocycles. The molecule has 0 aliphatic rings. The number of benzene rings is 1. The molecule has 0 radical (unpaired) electrons. The SMILES string of the molecule is CN(C)CCCCCCOc1ccccc1Oc1ncccc1C(=O)c1cccs1. The van der Waals surface area contributed by atoms with Gasteiger partial charge in [-0.05, 0) is 69.2 Å². The van der Waals surface area contributed by atoms with Crippen molar-refractivity contribution in [2.75, 3.05) is 27.2 Å². The summed E-state index contributed by atoms with van der Waals surface area (Å²) in [5.41, 5.74) is 0.440. The topological polar surface area (TPSA) is 51.7 Å². The maximum absolute atomic E-state index is 12.8. The molecule has 3 rings (SSSR count). The van der Waals surface area contributed by atoms with Gasteiger partial charge in [0.25, 0.3) is 0 Å². The number of nitrogens with zero attached hydrogens (tertiary/aromatic N) is 2. The Bertz CT molecular complexity index is 926. The highest BCUT2D eigenvalue weighted by molar-refractivity contribution is 7.12. The molecule has 2 heterocycles. The van der Waals surface area contributed by atoms with Crippen LogP contribution in [-0.2, 0) is 0 Å². The highest BCUT2D eigenvalue weighted by atomic mass is 32.1. The van der Waals surface area contributed by atoms with Crippen LogP contribution in [0.15, 0.2) is 60.1 Å². The number of carbonyl (C=O) groups excluding carboxylic acids is 1. The lowest BCUT2D eigenvalue weighted by Gasteiger charge is -2.13. The van der Waals surface area contributed by atoms with Crippen molar-refractivity contribution in [3.63, 3.8) is 0 Å². The highest BCUT2D eigenvalue weighted by Gasteiger charge is 2.18. The van der Waals surface area contributed by atoms with Gasteiger partial charge in [-0.1, -0.05) is 31.0 Å². The zero-order valence-electron chi connectivity index (χ0n) is 17.5. The fraction of sp³-hybridized carbons (Fsp3) is 0.333. The van der Waals surface area contributed by atoms with Gasteiger partial charge in [0.05, 0.1) is 17.0 Å².